The lowest BCUT2D eigenvalue weighted by Gasteiger charge is -2.20. The maximum absolute atomic E-state index is 13.4. The average Bonchev–Trinajstić information content (AvgIpc) is 2.42. The normalized spacial score (nSPS) is 13.4. The van der Waals surface area contributed by atoms with E-state index in [1.54, 1.807) is 12.1 Å². The molecule has 0 fully saturated rings. The Labute approximate surface area is 132 Å². The van der Waals surface area contributed by atoms with Crippen molar-refractivity contribution in [2.45, 2.75) is 18.6 Å². The Bertz CT molecular complexity index is 553. The van der Waals surface area contributed by atoms with Crippen LogP contribution in [0.4, 0.5) is 4.39 Å². The maximum Gasteiger partial charge on any atom is 0.137 e. The third-order valence-electron chi connectivity index (χ3n) is 3.04. The zero-order valence-electron chi connectivity index (χ0n) is 10.7. The molecular formula is C15H16BrClFNO. The predicted molar refractivity (Wildman–Crippen MR) is 84.4 cm³/mol. The lowest BCUT2D eigenvalue weighted by Crippen LogP contribution is -2.28. The van der Waals surface area contributed by atoms with Crippen LogP contribution in [0.15, 0.2) is 53.0 Å². The van der Waals surface area contributed by atoms with Gasteiger partial charge in [-0.2, -0.15) is 0 Å². The van der Waals surface area contributed by atoms with E-state index in [1.165, 1.54) is 6.07 Å². The largest absolute Gasteiger partial charge is 0.391 e. The minimum absolute atomic E-state index is 0. The van der Waals surface area contributed by atoms with Crippen LogP contribution < -0.4 is 5.73 Å². The van der Waals surface area contributed by atoms with Crippen molar-refractivity contribution in [3.63, 3.8) is 0 Å². The van der Waals surface area contributed by atoms with Gasteiger partial charge in [-0.15, -0.1) is 12.4 Å². The molecule has 0 spiro atoms. The molecule has 2 aromatic rings. The number of rotatable bonds is 4. The van der Waals surface area contributed by atoms with E-state index < -0.39 is 12.1 Å². The van der Waals surface area contributed by atoms with Crippen LogP contribution in [0.3, 0.4) is 0 Å². The minimum atomic E-state index is -0.763. The second-order valence-electron chi connectivity index (χ2n) is 4.43. The number of benzene rings is 2. The zero-order valence-corrected chi connectivity index (χ0v) is 13.1. The fourth-order valence-corrected chi connectivity index (χ4v) is 2.50. The van der Waals surface area contributed by atoms with Gasteiger partial charge in [-0.05, 0) is 33.1 Å². The molecule has 0 unspecified atom stereocenters. The highest BCUT2D eigenvalue weighted by Gasteiger charge is 2.20. The van der Waals surface area contributed by atoms with Gasteiger partial charge in [0.05, 0.1) is 16.6 Å². The zero-order chi connectivity index (χ0) is 13.8. The molecule has 0 radical (unpaired) electrons. The molecule has 2 aromatic carbocycles. The molecule has 0 amide bonds. The predicted octanol–water partition coefficient (Wildman–Crippen LogP) is 3.61. The lowest BCUT2D eigenvalue weighted by molar-refractivity contribution is 0.144. The average molecular weight is 361 g/mol. The molecule has 20 heavy (non-hydrogen) atoms. The summed E-state index contributed by atoms with van der Waals surface area (Å²) in [5.41, 5.74) is 7.58. The Balaban J connectivity index is 0.00000200. The third kappa shape index (κ3) is 4.03. The highest BCUT2D eigenvalue weighted by Crippen LogP contribution is 2.27. The smallest absolute Gasteiger partial charge is 0.137 e. The summed E-state index contributed by atoms with van der Waals surface area (Å²) in [5, 5.41) is 10.2. The van der Waals surface area contributed by atoms with Crippen LogP contribution in [0.1, 0.15) is 17.2 Å². The molecule has 0 aliphatic heterocycles. The molecule has 3 N–H and O–H groups in total. The second-order valence-corrected chi connectivity index (χ2v) is 5.22. The van der Waals surface area contributed by atoms with Crippen LogP contribution >= 0.6 is 28.3 Å². The van der Waals surface area contributed by atoms with Crippen LogP contribution in [0.2, 0.25) is 0 Å². The summed E-state index contributed by atoms with van der Waals surface area (Å²) in [5.74, 6) is -0.375. The molecule has 0 heterocycles. The Morgan fingerprint density at radius 2 is 1.75 bits per heavy atom. The standard InChI is InChI=1S/C15H15BrFNO.ClH/c16-14-11(7-4-8-12(14)17)15(18)13(19)9-10-5-2-1-3-6-10;/h1-8,13,15,19H,9,18H2;1H/t13-,15+;/m1./s1. The molecule has 2 nitrogen and oxygen atoms in total. The Kier molecular flexibility index (Phi) is 6.62. The summed E-state index contributed by atoms with van der Waals surface area (Å²) in [6.07, 6.45) is -0.328. The van der Waals surface area contributed by atoms with Crippen molar-refractivity contribution in [3.8, 4) is 0 Å². The maximum atomic E-state index is 13.4. The van der Waals surface area contributed by atoms with Crippen molar-refractivity contribution in [1.82, 2.24) is 0 Å². The highest BCUT2D eigenvalue weighted by molar-refractivity contribution is 9.10. The second kappa shape index (κ2) is 7.74. The van der Waals surface area contributed by atoms with Gasteiger partial charge in [0, 0.05) is 6.42 Å². The first-order valence-corrected chi connectivity index (χ1v) is 6.80. The topological polar surface area (TPSA) is 46.2 Å². The van der Waals surface area contributed by atoms with Crippen molar-refractivity contribution in [3.05, 3.63) is 69.9 Å². The number of aliphatic hydroxyl groups excluding tert-OH is 1. The SMILES string of the molecule is Cl.N[C@@H](c1cccc(F)c1Br)[C@H](O)Cc1ccccc1. The molecule has 0 bridgehead atoms. The molecule has 0 saturated heterocycles. The molecular weight excluding hydrogens is 345 g/mol. The summed E-state index contributed by atoms with van der Waals surface area (Å²) < 4.78 is 13.8. The summed E-state index contributed by atoms with van der Waals surface area (Å²) in [4.78, 5) is 0. The van der Waals surface area contributed by atoms with Gasteiger partial charge in [0.15, 0.2) is 0 Å². The van der Waals surface area contributed by atoms with Crippen molar-refractivity contribution < 1.29 is 9.50 Å². The molecule has 2 rings (SSSR count). The van der Waals surface area contributed by atoms with Crippen LogP contribution in [0, 0.1) is 5.82 Å². The molecule has 0 aromatic heterocycles. The van der Waals surface area contributed by atoms with Crippen LogP contribution in [0.25, 0.3) is 0 Å². The number of nitrogens with two attached hydrogens (primary N) is 1. The van der Waals surface area contributed by atoms with Gasteiger partial charge in [-0.1, -0.05) is 42.5 Å². The number of aliphatic hydroxyl groups is 1. The van der Waals surface area contributed by atoms with E-state index >= 15 is 0 Å². The van der Waals surface area contributed by atoms with Crippen LogP contribution in [-0.2, 0) is 6.42 Å². The minimum Gasteiger partial charge on any atom is -0.391 e. The van der Waals surface area contributed by atoms with E-state index in [0.29, 0.717) is 16.5 Å². The van der Waals surface area contributed by atoms with Gasteiger partial charge in [-0.3, -0.25) is 0 Å². The van der Waals surface area contributed by atoms with Gasteiger partial charge < -0.3 is 10.8 Å². The quantitative estimate of drug-likeness (QED) is 0.875. The van der Waals surface area contributed by atoms with Gasteiger partial charge in [-0.25, -0.2) is 4.39 Å². The monoisotopic (exact) mass is 359 g/mol. The lowest BCUT2D eigenvalue weighted by atomic mass is 9.97. The molecule has 108 valence electrons. The first-order chi connectivity index (χ1) is 9.09. The first kappa shape index (κ1) is 17.1. The molecule has 0 saturated carbocycles. The molecule has 0 aliphatic rings. The van der Waals surface area contributed by atoms with Gasteiger partial charge in [0.2, 0.25) is 0 Å². The summed E-state index contributed by atoms with van der Waals surface area (Å²) >= 11 is 3.17. The van der Waals surface area contributed by atoms with E-state index in [2.05, 4.69) is 15.9 Å². The third-order valence-corrected chi connectivity index (χ3v) is 3.88. The van der Waals surface area contributed by atoms with Crippen molar-refractivity contribution in [2.24, 2.45) is 5.73 Å². The van der Waals surface area contributed by atoms with E-state index in [4.69, 9.17) is 5.73 Å². The van der Waals surface area contributed by atoms with Crippen LogP contribution in [-0.4, -0.2) is 11.2 Å². The molecule has 0 aliphatic carbocycles. The Hall–Kier alpha value is -0.940. The van der Waals surface area contributed by atoms with E-state index in [0.717, 1.165) is 5.56 Å². The fraction of sp³-hybridized carbons (Fsp3) is 0.200. The van der Waals surface area contributed by atoms with Gasteiger partial charge in [0.1, 0.15) is 5.82 Å². The summed E-state index contributed by atoms with van der Waals surface area (Å²) in [7, 11) is 0. The summed E-state index contributed by atoms with van der Waals surface area (Å²) in [6.45, 7) is 0. The Morgan fingerprint density at radius 3 is 2.40 bits per heavy atom. The van der Waals surface area contributed by atoms with Gasteiger partial charge >= 0.3 is 0 Å². The fourth-order valence-electron chi connectivity index (χ4n) is 1.97. The molecule has 5 heteroatoms. The van der Waals surface area contributed by atoms with E-state index in [9.17, 15) is 9.50 Å². The Morgan fingerprint density at radius 1 is 1.10 bits per heavy atom. The van der Waals surface area contributed by atoms with Crippen molar-refractivity contribution >= 4 is 28.3 Å². The number of halogens is 3. The van der Waals surface area contributed by atoms with E-state index in [1.807, 2.05) is 30.3 Å². The van der Waals surface area contributed by atoms with Crippen LogP contribution in [0.5, 0.6) is 0 Å². The first-order valence-electron chi connectivity index (χ1n) is 6.01. The number of hydrogen-bond donors (Lipinski definition) is 2. The number of hydrogen-bond acceptors (Lipinski definition) is 2. The highest BCUT2D eigenvalue weighted by atomic mass is 79.9. The van der Waals surface area contributed by atoms with Crippen molar-refractivity contribution in [2.75, 3.05) is 0 Å². The van der Waals surface area contributed by atoms with Gasteiger partial charge in [0.25, 0.3) is 0 Å². The summed E-state index contributed by atoms with van der Waals surface area (Å²) in [6, 6.07) is 13.6. The van der Waals surface area contributed by atoms with E-state index in [-0.39, 0.29) is 18.2 Å². The van der Waals surface area contributed by atoms with Crippen molar-refractivity contribution in [1.29, 1.82) is 0 Å². The molecule has 2 atom stereocenters.